The molecule has 140 valence electrons. The SMILES string of the molecule is Cc1ccc(C(=O)N(Cc2nnc(-c3ccccc3Cl)o2)C(C)C)cc1F. The molecule has 3 aromatic rings. The second-order valence-corrected chi connectivity index (χ2v) is 6.88. The van der Waals surface area contributed by atoms with Crippen LogP contribution in [0.1, 0.15) is 35.7 Å². The molecule has 1 amide bonds. The minimum absolute atomic E-state index is 0.115. The van der Waals surface area contributed by atoms with Crippen LogP contribution in [0.4, 0.5) is 4.39 Å². The van der Waals surface area contributed by atoms with Gasteiger partial charge in [0.05, 0.1) is 17.1 Å². The van der Waals surface area contributed by atoms with E-state index < -0.39 is 5.82 Å². The molecule has 0 aliphatic carbocycles. The minimum Gasteiger partial charge on any atom is -0.419 e. The lowest BCUT2D eigenvalue weighted by Gasteiger charge is -2.25. The zero-order valence-corrected chi connectivity index (χ0v) is 16.0. The van der Waals surface area contributed by atoms with E-state index in [1.165, 1.54) is 6.07 Å². The zero-order chi connectivity index (χ0) is 19.6. The molecule has 0 fully saturated rings. The Morgan fingerprint density at radius 1 is 1.22 bits per heavy atom. The largest absolute Gasteiger partial charge is 0.419 e. The monoisotopic (exact) mass is 387 g/mol. The quantitative estimate of drug-likeness (QED) is 0.625. The molecule has 27 heavy (non-hydrogen) atoms. The van der Waals surface area contributed by atoms with Crippen molar-refractivity contribution in [1.29, 1.82) is 0 Å². The Labute approximate surface area is 161 Å². The first-order chi connectivity index (χ1) is 12.9. The molecule has 0 saturated heterocycles. The summed E-state index contributed by atoms with van der Waals surface area (Å²) in [6.07, 6.45) is 0. The van der Waals surface area contributed by atoms with Crippen LogP contribution in [0.2, 0.25) is 5.02 Å². The average Bonchev–Trinajstić information content (AvgIpc) is 3.10. The standard InChI is InChI=1S/C20H19ClFN3O2/c1-12(2)25(20(26)14-9-8-13(3)17(22)10-14)11-18-23-24-19(27-18)15-6-4-5-7-16(15)21/h4-10,12H,11H2,1-3H3. The second kappa shape index (κ2) is 7.88. The number of hydrogen-bond donors (Lipinski definition) is 0. The maximum Gasteiger partial charge on any atom is 0.254 e. The third-order valence-corrected chi connectivity index (χ3v) is 4.51. The molecule has 0 N–H and O–H groups in total. The maximum absolute atomic E-state index is 13.8. The molecule has 7 heteroatoms. The van der Waals surface area contributed by atoms with Gasteiger partial charge in [0.1, 0.15) is 5.82 Å². The van der Waals surface area contributed by atoms with E-state index in [2.05, 4.69) is 10.2 Å². The molecule has 0 aliphatic rings. The van der Waals surface area contributed by atoms with Gasteiger partial charge in [-0.2, -0.15) is 0 Å². The first-order valence-electron chi connectivity index (χ1n) is 8.51. The number of carbonyl (C=O) groups excluding carboxylic acids is 1. The summed E-state index contributed by atoms with van der Waals surface area (Å²) in [5, 5.41) is 8.54. The van der Waals surface area contributed by atoms with Crippen LogP contribution in [0, 0.1) is 12.7 Å². The van der Waals surface area contributed by atoms with Gasteiger partial charge in [0.15, 0.2) is 0 Å². The van der Waals surface area contributed by atoms with Crippen LogP contribution < -0.4 is 0 Å². The van der Waals surface area contributed by atoms with Crippen molar-refractivity contribution in [3.05, 3.63) is 70.3 Å². The van der Waals surface area contributed by atoms with Crippen molar-refractivity contribution in [2.45, 2.75) is 33.4 Å². The third kappa shape index (κ3) is 4.17. The topological polar surface area (TPSA) is 59.2 Å². The van der Waals surface area contributed by atoms with E-state index in [1.54, 1.807) is 36.1 Å². The molecule has 0 bridgehead atoms. The van der Waals surface area contributed by atoms with Crippen LogP contribution in [-0.4, -0.2) is 27.0 Å². The highest BCUT2D eigenvalue weighted by Crippen LogP contribution is 2.26. The molecular formula is C20H19ClFN3O2. The highest BCUT2D eigenvalue weighted by atomic mass is 35.5. The molecule has 0 radical (unpaired) electrons. The summed E-state index contributed by atoms with van der Waals surface area (Å²) in [7, 11) is 0. The Kier molecular flexibility index (Phi) is 5.56. The molecular weight excluding hydrogens is 369 g/mol. The second-order valence-electron chi connectivity index (χ2n) is 6.47. The van der Waals surface area contributed by atoms with Gasteiger partial charge in [-0.3, -0.25) is 4.79 Å². The van der Waals surface area contributed by atoms with E-state index in [-0.39, 0.29) is 35.8 Å². The Morgan fingerprint density at radius 2 is 1.96 bits per heavy atom. The first-order valence-corrected chi connectivity index (χ1v) is 8.89. The number of amides is 1. The number of hydrogen-bond acceptors (Lipinski definition) is 4. The smallest absolute Gasteiger partial charge is 0.254 e. The van der Waals surface area contributed by atoms with Crippen molar-refractivity contribution in [3.63, 3.8) is 0 Å². The first kappa shape index (κ1) is 19.0. The van der Waals surface area contributed by atoms with Gasteiger partial charge in [-0.05, 0) is 50.6 Å². The van der Waals surface area contributed by atoms with Crippen molar-refractivity contribution >= 4 is 17.5 Å². The van der Waals surface area contributed by atoms with Crippen LogP contribution in [0.5, 0.6) is 0 Å². The van der Waals surface area contributed by atoms with E-state index in [1.807, 2.05) is 26.0 Å². The molecule has 0 unspecified atom stereocenters. The van der Waals surface area contributed by atoms with Crippen LogP contribution in [0.15, 0.2) is 46.9 Å². The molecule has 0 aliphatic heterocycles. The summed E-state index contributed by atoms with van der Waals surface area (Å²) in [6.45, 7) is 5.50. The van der Waals surface area contributed by atoms with Gasteiger partial charge in [0.25, 0.3) is 5.91 Å². The summed E-state index contributed by atoms with van der Waals surface area (Å²) in [5.41, 5.74) is 1.39. The Hall–Kier alpha value is -2.73. The third-order valence-electron chi connectivity index (χ3n) is 4.18. The summed E-state index contributed by atoms with van der Waals surface area (Å²) in [5.74, 6) is -0.155. The minimum atomic E-state index is -0.414. The number of benzene rings is 2. The fourth-order valence-electron chi connectivity index (χ4n) is 2.59. The predicted octanol–water partition coefficient (Wildman–Crippen LogP) is 4.89. The van der Waals surface area contributed by atoms with E-state index >= 15 is 0 Å². The van der Waals surface area contributed by atoms with Gasteiger partial charge in [0.2, 0.25) is 11.8 Å². The van der Waals surface area contributed by atoms with Gasteiger partial charge in [-0.1, -0.05) is 29.8 Å². The van der Waals surface area contributed by atoms with Crippen molar-refractivity contribution < 1.29 is 13.6 Å². The van der Waals surface area contributed by atoms with Crippen molar-refractivity contribution in [2.24, 2.45) is 0 Å². The summed E-state index contributed by atoms with van der Waals surface area (Å²) >= 11 is 6.15. The Balaban J connectivity index is 1.84. The fourth-order valence-corrected chi connectivity index (χ4v) is 2.80. The maximum atomic E-state index is 13.8. The summed E-state index contributed by atoms with van der Waals surface area (Å²) < 4.78 is 19.5. The highest BCUT2D eigenvalue weighted by molar-refractivity contribution is 6.33. The lowest BCUT2D eigenvalue weighted by molar-refractivity contribution is 0.0672. The zero-order valence-electron chi connectivity index (χ0n) is 15.2. The van der Waals surface area contributed by atoms with Crippen molar-refractivity contribution in [1.82, 2.24) is 15.1 Å². The molecule has 0 spiro atoms. The summed E-state index contributed by atoms with van der Waals surface area (Å²) in [6, 6.07) is 11.4. The summed E-state index contributed by atoms with van der Waals surface area (Å²) in [4.78, 5) is 14.4. The van der Waals surface area contributed by atoms with E-state index in [4.69, 9.17) is 16.0 Å². The van der Waals surface area contributed by atoms with Gasteiger partial charge >= 0.3 is 0 Å². The van der Waals surface area contributed by atoms with Gasteiger partial charge in [-0.15, -0.1) is 10.2 Å². The highest BCUT2D eigenvalue weighted by Gasteiger charge is 2.23. The lowest BCUT2D eigenvalue weighted by Crippen LogP contribution is -2.36. The van der Waals surface area contributed by atoms with Crippen LogP contribution in [0.3, 0.4) is 0 Å². The number of carbonyl (C=O) groups is 1. The molecule has 0 saturated carbocycles. The molecule has 3 rings (SSSR count). The number of aromatic nitrogens is 2. The number of rotatable bonds is 5. The van der Waals surface area contributed by atoms with Crippen molar-refractivity contribution in [2.75, 3.05) is 0 Å². The Bertz CT molecular complexity index is 971. The predicted molar refractivity (Wildman–Crippen MR) is 101 cm³/mol. The van der Waals surface area contributed by atoms with E-state index in [9.17, 15) is 9.18 Å². The van der Waals surface area contributed by atoms with Crippen LogP contribution in [-0.2, 0) is 6.54 Å². The molecule has 5 nitrogen and oxygen atoms in total. The van der Waals surface area contributed by atoms with Crippen LogP contribution >= 0.6 is 11.6 Å². The van der Waals surface area contributed by atoms with Gasteiger partial charge < -0.3 is 9.32 Å². The van der Waals surface area contributed by atoms with Gasteiger partial charge in [0, 0.05) is 11.6 Å². The molecule has 2 aromatic carbocycles. The fraction of sp³-hybridized carbons (Fsp3) is 0.250. The average molecular weight is 388 g/mol. The number of nitrogens with zero attached hydrogens (tertiary/aromatic N) is 3. The molecule has 1 heterocycles. The number of halogens is 2. The van der Waals surface area contributed by atoms with Crippen LogP contribution in [0.25, 0.3) is 11.5 Å². The molecule has 0 atom stereocenters. The van der Waals surface area contributed by atoms with E-state index in [0.717, 1.165) is 0 Å². The van der Waals surface area contributed by atoms with Gasteiger partial charge in [-0.25, -0.2) is 4.39 Å². The van der Waals surface area contributed by atoms with E-state index in [0.29, 0.717) is 16.1 Å². The molecule has 1 aromatic heterocycles. The van der Waals surface area contributed by atoms with Crippen molar-refractivity contribution in [3.8, 4) is 11.5 Å². The normalized spacial score (nSPS) is 11.0. The lowest BCUT2D eigenvalue weighted by atomic mass is 10.1. The number of aryl methyl sites for hydroxylation is 1. The Morgan fingerprint density at radius 3 is 2.63 bits per heavy atom.